The molecule has 1 atom stereocenters. The first-order valence-corrected chi connectivity index (χ1v) is 8.52. The van der Waals surface area contributed by atoms with Gasteiger partial charge in [-0.2, -0.15) is 0 Å². The summed E-state index contributed by atoms with van der Waals surface area (Å²) in [6, 6.07) is 8.45. The highest BCUT2D eigenvalue weighted by atomic mass is 15.2. The lowest BCUT2D eigenvalue weighted by Gasteiger charge is -2.16. The number of nitrogens with one attached hydrogen (secondary N) is 2. The summed E-state index contributed by atoms with van der Waals surface area (Å²) in [5.74, 6) is 1.67. The van der Waals surface area contributed by atoms with Gasteiger partial charge in [0.2, 0.25) is 0 Å². The summed E-state index contributed by atoms with van der Waals surface area (Å²) in [6.45, 7) is 12.7. The molecule has 0 bridgehead atoms. The predicted molar refractivity (Wildman–Crippen MR) is 94.2 cm³/mol. The van der Waals surface area contributed by atoms with Gasteiger partial charge < -0.3 is 15.5 Å². The molecule has 4 heteroatoms. The van der Waals surface area contributed by atoms with E-state index < -0.39 is 0 Å². The maximum Gasteiger partial charge on any atom is 0.191 e. The first-order valence-electron chi connectivity index (χ1n) is 8.52. The number of likely N-dealkylation sites (tertiary alicyclic amines) is 1. The molecule has 1 aliphatic heterocycles. The fourth-order valence-corrected chi connectivity index (χ4v) is 2.90. The van der Waals surface area contributed by atoms with Gasteiger partial charge in [-0.15, -0.1) is 0 Å². The van der Waals surface area contributed by atoms with Crippen molar-refractivity contribution in [3.05, 3.63) is 35.4 Å². The molecule has 2 N–H and O–H groups in total. The molecule has 4 nitrogen and oxygen atoms in total. The molecule has 1 unspecified atom stereocenters. The quantitative estimate of drug-likeness (QED) is 0.626. The van der Waals surface area contributed by atoms with Gasteiger partial charge in [0.25, 0.3) is 0 Å². The minimum absolute atomic E-state index is 0.730. The first-order chi connectivity index (χ1) is 10.7. The van der Waals surface area contributed by atoms with Crippen molar-refractivity contribution >= 4 is 5.96 Å². The van der Waals surface area contributed by atoms with Crippen LogP contribution >= 0.6 is 0 Å². The van der Waals surface area contributed by atoms with Crippen LogP contribution in [0.15, 0.2) is 29.3 Å². The van der Waals surface area contributed by atoms with Crippen molar-refractivity contribution in [1.82, 2.24) is 15.5 Å². The van der Waals surface area contributed by atoms with Gasteiger partial charge in [-0.3, -0.25) is 0 Å². The van der Waals surface area contributed by atoms with Crippen molar-refractivity contribution < 1.29 is 0 Å². The Balaban J connectivity index is 1.86. The van der Waals surface area contributed by atoms with E-state index in [2.05, 4.69) is 60.6 Å². The molecular weight excluding hydrogens is 272 g/mol. The van der Waals surface area contributed by atoms with Crippen LogP contribution in [0.1, 0.15) is 31.4 Å². The molecule has 0 radical (unpaired) electrons. The average Bonchev–Trinajstić information content (AvgIpc) is 2.99. The van der Waals surface area contributed by atoms with Crippen LogP contribution in [0.3, 0.4) is 0 Å². The summed E-state index contributed by atoms with van der Waals surface area (Å²) >= 11 is 0. The van der Waals surface area contributed by atoms with Crippen molar-refractivity contribution in [3.8, 4) is 0 Å². The second kappa shape index (κ2) is 8.79. The molecule has 0 aliphatic carbocycles. The molecule has 1 aromatic carbocycles. The third kappa shape index (κ3) is 5.02. The molecule has 0 spiro atoms. The summed E-state index contributed by atoms with van der Waals surface area (Å²) in [5.41, 5.74) is 2.59. The van der Waals surface area contributed by atoms with Gasteiger partial charge in [-0.1, -0.05) is 31.2 Å². The molecule has 1 aromatic rings. The normalized spacial score (nSPS) is 19.4. The topological polar surface area (TPSA) is 39.7 Å². The smallest absolute Gasteiger partial charge is 0.191 e. The SMILES string of the molecule is CCNC(=NCc1ccccc1C)NCC1CCN(CC)C1. The van der Waals surface area contributed by atoms with Crippen molar-refractivity contribution in [2.24, 2.45) is 10.9 Å². The number of aryl methyl sites for hydroxylation is 1. The van der Waals surface area contributed by atoms with Crippen LogP contribution in [0.25, 0.3) is 0 Å². The third-order valence-corrected chi connectivity index (χ3v) is 4.39. The standard InChI is InChI=1S/C18H30N4/c1-4-19-18(20-12-16-10-11-22(5-2)14-16)21-13-17-9-7-6-8-15(17)3/h6-9,16H,4-5,10-14H2,1-3H3,(H2,19,20,21). The largest absolute Gasteiger partial charge is 0.357 e. The van der Waals surface area contributed by atoms with E-state index in [1.54, 1.807) is 0 Å². The van der Waals surface area contributed by atoms with Crippen LogP contribution < -0.4 is 10.6 Å². The molecule has 122 valence electrons. The Labute approximate surface area is 135 Å². The Kier molecular flexibility index (Phi) is 6.72. The Bertz CT molecular complexity index is 484. The number of aliphatic imine (C=N–C) groups is 1. The Morgan fingerprint density at radius 1 is 1.27 bits per heavy atom. The summed E-state index contributed by atoms with van der Waals surface area (Å²) in [4.78, 5) is 7.24. The van der Waals surface area contributed by atoms with Crippen LogP contribution in [-0.4, -0.2) is 43.6 Å². The summed E-state index contributed by atoms with van der Waals surface area (Å²) < 4.78 is 0. The summed E-state index contributed by atoms with van der Waals surface area (Å²) in [6.07, 6.45) is 1.29. The van der Waals surface area contributed by atoms with Crippen molar-refractivity contribution in [2.75, 3.05) is 32.7 Å². The zero-order valence-electron chi connectivity index (χ0n) is 14.2. The zero-order chi connectivity index (χ0) is 15.8. The van der Waals surface area contributed by atoms with Gasteiger partial charge in [-0.25, -0.2) is 4.99 Å². The Hall–Kier alpha value is -1.55. The van der Waals surface area contributed by atoms with Gasteiger partial charge >= 0.3 is 0 Å². The van der Waals surface area contributed by atoms with Gasteiger partial charge in [0.1, 0.15) is 0 Å². The molecule has 1 heterocycles. The van der Waals surface area contributed by atoms with Crippen LogP contribution in [-0.2, 0) is 6.54 Å². The maximum absolute atomic E-state index is 4.73. The molecule has 0 aromatic heterocycles. The number of hydrogen-bond acceptors (Lipinski definition) is 2. The van der Waals surface area contributed by atoms with Gasteiger partial charge in [-0.05, 0) is 50.4 Å². The minimum Gasteiger partial charge on any atom is -0.357 e. The van der Waals surface area contributed by atoms with Crippen LogP contribution in [0, 0.1) is 12.8 Å². The molecule has 1 saturated heterocycles. The van der Waals surface area contributed by atoms with E-state index in [0.717, 1.165) is 38.1 Å². The fourth-order valence-electron chi connectivity index (χ4n) is 2.90. The highest BCUT2D eigenvalue weighted by molar-refractivity contribution is 5.79. The first kappa shape index (κ1) is 16.8. The summed E-state index contributed by atoms with van der Waals surface area (Å²) in [5, 5.41) is 6.86. The molecule has 1 aliphatic rings. The van der Waals surface area contributed by atoms with E-state index in [0.29, 0.717) is 0 Å². The highest BCUT2D eigenvalue weighted by Crippen LogP contribution is 2.14. The van der Waals surface area contributed by atoms with E-state index in [1.807, 2.05) is 0 Å². The molecule has 1 fully saturated rings. The van der Waals surface area contributed by atoms with Crippen LogP contribution in [0.5, 0.6) is 0 Å². The number of hydrogen-bond donors (Lipinski definition) is 2. The summed E-state index contributed by atoms with van der Waals surface area (Å²) in [7, 11) is 0. The number of nitrogens with zero attached hydrogens (tertiary/aromatic N) is 2. The van der Waals surface area contributed by atoms with Crippen molar-refractivity contribution in [2.45, 2.75) is 33.7 Å². The third-order valence-electron chi connectivity index (χ3n) is 4.39. The van der Waals surface area contributed by atoms with Crippen LogP contribution in [0.4, 0.5) is 0 Å². The highest BCUT2D eigenvalue weighted by Gasteiger charge is 2.20. The van der Waals surface area contributed by atoms with E-state index in [1.165, 1.54) is 30.6 Å². The lowest BCUT2D eigenvalue weighted by atomic mass is 10.1. The average molecular weight is 302 g/mol. The van der Waals surface area contributed by atoms with E-state index in [9.17, 15) is 0 Å². The second-order valence-corrected chi connectivity index (χ2v) is 6.05. The van der Waals surface area contributed by atoms with Crippen molar-refractivity contribution in [3.63, 3.8) is 0 Å². The molecule has 0 amide bonds. The number of guanidine groups is 1. The molecule has 22 heavy (non-hydrogen) atoms. The molecule has 2 rings (SSSR count). The van der Waals surface area contributed by atoms with Gasteiger partial charge in [0, 0.05) is 19.6 Å². The zero-order valence-corrected chi connectivity index (χ0v) is 14.2. The minimum atomic E-state index is 0.730. The Morgan fingerprint density at radius 3 is 2.77 bits per heavy atom. The second-order valence-electron chi connectivity index (χ2n) is 6.05. The number of rotatable bonds is 6. The maximum atomic E-state index is 4.73. The van der Waals surface area contributed by atoms with Crippen LogP contribution in [0.2, 0.25) is 0 Å². The Morgan fingerprint density at radius 2 is 2.09 bits per heavy atom. The van der Waals surface area contributed by atoms with E-state index in [-0.39, 0.29) is 0 Å². The lowest BCUT2D eigenvalue weighted by Crippen LogP contribution is -2.40. The van der Waals surface area contributed by atoms with E-state index >= 15 is 0 Å². The van der Waals surface area contributed by atoms with Gasteiger partial charge in [0.15, 0.2) is 5.96 Å². The molecule has 0 saturated carbocycles. The number of benzene rings is 1. The van der Waals surface area contributed by atoms with Crippen molar-refractivity contribution in [1.29, 1.82) is 0 Å². The predicted octanol–water partition coefficient (Wildman–Crippen LogP) is 2.39. The van der Waals surface area contributed by atoms with Gasteiger partial charge in [0.05, 0.1) is 6.54 Å². The fraction of sp³-hybridized carbons (Fsp3) is 0.611. The lowest BCUT2D eigenvalue weighted by molar-refractivity contribution is 0.342. The monoisotopic (exact) mass is 302 g/mol. The van der Waals surface area contributed by atoms with E-state index in [4.69, 9.17) is 4.99 Å². The molecular formula is C18H30N4.